The Hall–Kier alpha value is -6.94. The molecule has 0 aliphatic heterocycles. The van der Waals surface area contributed by atoms with Crippen LogP contribution in [0.3, 0.4) is 0 Å². The minimum Gasteiger partial charge on any atom is -0.374 e. The van der Waals surface area contributed by atoms with Crippen LogP contribution in [0.15, 0.2) is 107 Å². The van der Waals surface area contributed by atoms with Gasteiger partial charge in [0.25, 0.3) is 20.2 Å². The first kappa shape index (κ1) is 49.1. The van der Waals surface area contributed by atoms with Crippen molar-refractivity contribution in [2.75, 3.05) is 31.1 Å². The summed E-state index contributed by atoms with van der Waals surface area (Å²) in [5.74, 6) is -0.588. The van der Waals surface area contributed by atoms with Gasteiger partial charge in [-0.3, -0.25) is 18.9 Å². The van der Waals surface area contributed by atoms with Crippen LogP contribution in [0.5, 0.6) is 0 Å². The van der Waals surface area contributed by atoms with Crippen LogP contribution >= 0.6 is 0 Å². The molecular weight excluding hydrogens is 887 g/mol. The van der Waals surface area contributed by atoms with E-state index in [0.717, 1.165) is 21.9 Å². The molecule has 6 rings (SSSR count). The molecule has 0 saturated carbocycles. The Kier molecular flexibility index (Phi) is 15.6. The Labute approximate surface area is 373 Å². The molecule has 25 heteroatoms. The van der Waals surface area contributed by atoms with Gasteiger partial charge in [0.15, 0.2) is 0 Å². The van der Waals surface area contributed by atoms with Crippen molar-refractivity contribution in [3.8, 4) is 0 Å². The van der Waals surface area contributed by atoms with Gasteiger partial charge in [0.1, 0.15) is 34.7 Å². The second kappa shape index (κ2) is 20.7. The molecule has 0 spiro atoms. The van der Waals surface area contributed by atoms with Crippen molar-refractivity contribution in [3.05, 3.63) is 108 Å². The summed E-state index contributed by atoms with van der Waals surface area (Å²) in [5.41, 5.74) is 1.14. The maximum absolute atomic E-state index is 12.7. The summed E-state index contributed by atoms with van der Waals surface area (Å²) in [6.07, 6.45) is -2.55. The summed E-state index contributed by atoms with van der Waals surface area (Å²) in [7, 11) is -9.87. The third-order valence-corrected chi connectivity index (χ3v) is 10.7. The molecule has 344 valence electrons. The lowest BCUT2D eigenvalue weighted by molar-refractivity contribution is 0.102. The number of benzene rings is 4. The van der Waals surface area contributed by atoms with E-state index < -0.39 is 54.9 Å². The van der Waals surface area contributed by atoms with Crippen molar-refractivity contribution >= 4 is 90.8 Å². The topological polar surface area (TPSA) is 357 Å². The van der Waals surface area contributed by atoms with Crippen LogP contribution < -0.4 is 37.2 Å². The van der Waals surface area contributed by atoms with Crippen LogP contribution in [0.2, 0.25) is 0 Å². The number of para-hydroxylation sites is 2. The van der Waals surface area contributed by atoms with E-state index in [9.17, 15) is 46.4 Å². The van der Waals surface area contributed by atoms with Crippen LogP contribution in [0.4, 0.5) is 58.4 Å². The highest BCUT2D eigenvalue weighted by molar-refractivity contribution is 7.86. The number of hydrogen-bond donors (Lipinski definition) is 11. The number of hydrogen-bond acceptors (Lipinski definition) is 21. The number of rotatable bonds is 18. The number of nitrogens with one attached hydrogen (secondary N) is 4. The molecule has 6 aromatic rings. The maximum Gasteiger partial charge on any atom is 0.295 e. The standard InChI is InChI=1S/C40H44N12O10S2.H3N/c1-23(53)51(24(2)54)39-47-35(41-29-11-7-5-8-12-29)45-37(49-39)43-31-19-17-27(33(21-31)63(57,58)59)15-16-28-18-20-32(22-34(28)64(60,61)62)44-38-46-36(42-30-13-9-6-10-14-30)48-40(50-38)52(25(3)55)26(4)56;/h5-26,53-56H,1-4H3,(H,57,58,59)(H,60,61,62)(H2,41,43,45,47,49)(H2,42,44,46,48,50);1H3. The van der Waals surface area contributed by atoms with Crippen molar-refractivity contribution in [2.24, 2.45) is 0 Å². The summed E-state index contributed by atoms with van der Waals surface area (Å²) < 4.78 is 71.4. The molecule has 0 saturated heterocycles. The fourth-order valence-corrected chi connectivity index (χ4v) is 7.58. The third kappa shape index (κ3) is 12.8. The summed E-state index contributed by atoms with van der Waals surface area (Å²) in [4.78, 5) is 26.9. The van der Waals surface area contributed by atoms with Gasteiger partial charge in [-0.15, -0.1) is 0 Å². The van der Waals surface area contributed by atoms with Crippen LogP contribution in [0.25, 0.3) is 12.2 Å². The number of aromatic nitrogens is 6. The van der Waals surface area contributed by atoms with Crippen molar-refractivity contribution in [1.29, 1.82) is 0 Å². The van der Waals surface area contributed by atoms with Crippen LogP contribution in [0, 0.1) is 0 Å². The zero-order valence-corrected chi connectivity index (χ0v) is 36.8. The van der Waals surface area contributed by atoms with Gasteiger partial charge in [-0.25, -0.2) is 0 Å². The fraction of sp³-hybridized carbons (Fsp3) is 0.200. The van der Waals surface area contributed by atoms with Crippen LogP contribution in [-0.2, 0) is 20.2 Å². The average Bonchev–Trinajstić information content (AvgIpc) is 3.20. The van der Waals surface area contributed by atoms with E-state index >= 15 is 0 Å². The fourth-order valence-electron chi connectivity index (χ4n) is 6.16. The van der Waals surface area contributed by atoms with E-state index in [1.165, 1.54) is 64.1 Å². The predicted molar refractivity (Wildman–Crippen MR) is 244 cm³/mol. The number of aliphatic hydroxyl groups excluding tert-OH is 4. The lowest BCUT2D eigenvalue weighted by Crippen LogP contribution is -2.41. The molecule has 23 nitrogen and oxygen atoms in total. The van der Waals surface area contributed by atoms with Crippen molar-refractivity contribution in [2.45, 2.75) is 62.4 Å². The molecule has 0 aliphatic rings. The van der Waals surface area contributed by atoms with Gasteiger partial charge in [-0.1, -0.05) is 60.7 Å². The Morgan fingerprint density at radius 2 is 0.754 bits per heavy atom. The third-order valence-electron chi connectivity index (χ3n) is 8.92. The van der Waals surface area contributed by atoms with Gasteiger partial charge in [-0.05, 0) is 87.4 Å². The minimum absolute atomic E-state index is 0. The number of anilines is 10. The molecule has 0 aliphatic carbocycles. The predicted octanol–water partition coefficient (Wildman–Crippen LogP) is 4.82. The smallest absolute Gasteiger partial charge is 0.295 e. The zero-order chi connectivity index (χ0) is 46.3. The van der Waals surface area contributed by atoms with Gasteiger partial charge >= 0.3 is 0 Å². The Bertz CT molecular complexity index is 2630. The SMILES string of the molecule is CC(O)N(c1nc(Nc2ccccc2)nc(Nc2ccc(C=Cc3ccc(Nc4nc(Nc5ccccc5)nc(N(C(C)O)C(C)O)n4)cc3S(=O)(=O)O)c(S(=O)(=O)O)c2)n1)C(C)O.N. The summed E-state index contributed by atoms with van der Waals surface area (Å²) >= 11 is 0. The Morgan fingerprint density at radius 3 is 1.03 bits per heavy atom. The molecule has 0 amide bonds. The number of aliphatic hydroxyl groups is 4. The van der Waals surface area contributed by atoms with Gasteiger partial charge < -0.3 is 47.8 Å². The van der Waals surface area contributed by atoms with Gasteiger partial charge in [0.2, 0.25) is 35.7 Å². The van der Waals surface area contributed by atoms with Crippen molar-refractivity contribution < 1.29 is 46.4 Å². The van der Waals surface area contributed by atoms with Crippen molar-refractivity contribution in [3.63, 3.8) is 0 Å². The number of nitrogens with zero attached hydrogens (tertiary/aromatic N) is 8. The lowest BCUT2D eigenvalue weighted by atomic mass is 10.1. The quantitative estimate of drug-likeness (QED) is 0.0312. The van der Waals surface area contributed by atoms with Crippen LogP contribution in [-0.4, -0.2) is 101 Å². The van der Waals surface area contributed by atoms with E-state index in [-0.39, 0.29) is 64.3 Å². The summed E-state index contributed by atoms with van der Waals surface area (Å²) in [6.45, 7) is 5.57. The largest absolute Gasteiger partial charge is 0.374 e. The van der Waals surface area contributed by atoms with Gasteiger partial charge in [0, 0.05) is 22.7 Å². The second-order valence-electron chi connectivity index (χ2n) is 13.9. The minimum atomic E-state index is -4.94. The molecule has 65 heavy (non-hydrogen) atoms. The first-order chi connectivity index (χ1) is 30.2. The molecule has 4 atom stereocenters. The second-order valence-corrected chi connectivity index (χ2v) is 16.7. The molecular formula is C40H47N13O10S2. The lowest BCUT2D eigenvalue weighted by Gasteiger charge is -2.28. The van der Waals surface area contributed by atoms with Gasteiger partial charge in [-0.2, -0.15) is 46.7 Å². The first-order valence-corrected chi connectivity index (χ1v) is 22.0. The molecule has 2 heterocycles. The maximum atomic E-state index is 12.7. The molecule has 2 aromatic heterocycles. The molecule has 4 unspecified atom stereocenters. The molecule has 0 radical (unpaired) electrons. The van der Waals surface area contributed by atoms with E-state index in [2.05, 4.69) is 51.2 Å². The Morgan fingerprint density at radius 1 is 0.462 bits per heavy atom. The highest BCUT2D eigenvalue weighted by atomic mass is 32.2. The van der Waals surface area contributed by atoms with E-state index in [1.54, 1.807) is 60.7 Å². The van der Waals surface area contributed by atoms with E-state index in [1.807, 2.05) is 0 Å². The molecule has 0 fully saturated rings. The highest BCUT2D eigenvalue weighted by Gasteiger charge is 2.25. The summed E-state index contributed by atoms with van der Waals surface area (Å²) in [5, 5.41) is 53.2. The highest BCUT2D eigenvalue weighted by Crippen LogP contribution is 2.30. The van der Waals surface area contributed by atoms with Gasteiger partial charge in [0.05, 0.1) is 0 Å². The van der Waals surface area contributed by atoms with Crippen molar-refractivity contribution in [1.82, 2.24) is 36.1 Å². The zero-order valence-electron chi connectivity index (χ0n) is 35.1. The van der Waals surface area contributed by atoms with E-state index in [0.29, 0.717) is 11.4 Å². The molecule has 13 N–H and O–H groups in total. The molecule has 4 aromatic carbocycles. The monoisotopic (exact) mass is 933 g/mol. The normalized spacial score (nSPS) is 13.5. The first-order valence-electron chi connectivity index (χ1n) is 19.2. The van der Waals surface area contributed by atoms with Crippen LogP contribution in [0.1, 0.15) is 38.8 Å². The van der Waals surface area contributed by atoms with E-state index in [4.69, 9.17) is 0 Å². The molecule has 0 bridgehead atoms. The average molecular weight is 934 g/mol. The summed E-state index contributed by atoms with van der Waals surface area (Å²) in [6, 6.07) is 25.2. The Balaban J connectivity index is 0.00000793.